The number of aryl methyl sites for hydroxylation is 1. The summed E-state index contributed by atoms with van der Waals surface area (Å²) in [6.07, 6.45) is 8.39. The molecule has 49 heavy (non-hydrogen) atoms. The van der Waals surface area contributed by atoms with Gasteiger partial charge in [-0.2, -0.15) is 5.10 Å². The molecule has 0 bridgehead atoms. The van der Waals surface area contributed by atoms with Crippen LogP contribution in [0.4, 0.5) is 11.6 Å². The molecule has 0 radical (unpaired) electrons. The van der Waals surface area contributed by atoms with Crippen LogP contribution in [-0.4, -0.2) is 84.4 Å². The van der Waals surface area contributed by atoms with Gasteiger partial charge >= 0.3 is 0 Å². The topological polar surface area (TPSA) is 204 Å². The second-order valence-electron chi connectivity index (χ2n) is 11.8. The van der Waals surface area contributed by atoms with E-state index in [1.807, 2.05) is 24.5 Å². The smallest absolute Gasteiger partial charge is 0.259 e. The van der Waals surface area contributed by atoms with Gasteiger partial charge in [-0.3, -0.25) is 14.7 Å². The number of likely N-dealkylation sites (tertiary alicyclic amines) is 1. The van der Waals surface area contributed by atoms with Crippen LogP contribution < -0.4 is 16.6 Å². The Balaban J connectivity index is 0.000000177. The van der Waals surface area contributed by atoms with Crippen molar-refractivity contribution in [2.75, 3.05) is 44.4 Å². The summed E-state index contributed by atoms with van der Waals surface area (Å²) in [5.74, 6) is 1.31. The first-order valence-corrected chi connectivity index (χ1v) is 15.9. The van der Waals surface area contributed by atoms with Crippen molar-refractivity contribution in [3.05, 3.63) is 100 Å². The Bertz CT molecular complexity index is 2100. The molecule has 1 fully saturated rings. The van der Waals surface area contributed by atoms with E-state index in [-0.39, 0.29) is 23.1 Å². The molecule has 14 nitrogen and oxygen atoms in total. The van der Waals surface area contributed by atoms with Gasteiger partial charge in [0.15, 0.2) is 5.82 Å². The van der Waals surface area contributed by atoms with E-state index in [4.69, 9.17) is 10.5 Å². The molecule has 6 heterocycles. The number of nitrogens with zero attached hydrogens (tertiary/aromatic N) is 5. The number of nitrogen functional groups attached to an aromatic ring is 1. The largest absolute Gasteiger partial charge is 0.507 e. The summed E-state index contributed by atoms with van der Waals surface area (Å²) < 4.78 is 5.03. The zero-order valence-corrected chi connectivity index (χ0v) is 27.2. The Kier molecular flexibility index (Phi) is 9.95. The molecule has 1 aliphatic rings. The Hall–Kier alpha value is -6.02. The fourth-order valence-electron chi connectivity index (χ4n) is 5.87. The molecule has 14 heteroatoms. The van der Waals surface area contributed by atoms with Crippen molar-refractivity contribution in [1.29, 1.82) is 0 Å². The lowest BCUT2D eigenvalue weighted by Gasteiger charge is -2.33. The zero-order chi connectivity index (χ0) is 34.3. The van der Waals surface area contributed by atoms with Crippen molar-refractivity contribution in [2.45, 2.75) is 25.7 Å². The first-order chi connectivity index (χ1) is 23.8. The minimum atomic E-state index is -0.439. The van der Waals surface area contributed by atoms with Gasteiger partial charge in [0, 0.05) is 79.5 Å². The van der Waals surface area contributed by atoms with Crippen LogP contribution in [0.3, 0.4) is 0 Å². The summed E-state index contributed by atoms with van der Waals surface area (Å²) in [5.41, 5.74) is 11.4. The molecule has 1 amide bonds. The molecule has 0 saturated carbocycles. The van der Waals surface area contributed by atoms with Crippen LogP contribution in [-0.2, 0) is 4.74 Å². The van der Waals surface area contributed by atoms with Crippen molar-refractivity contribution in [2.24, 2.45) is 0 Å². The number of carbonyl (C=O) groups is 1. The fraction of sp³-hybridized carbons (Fsp3) is 0.257. The van der Waals surface area contributed by atoms with Crippen molar-refractivity contribution in [3.8, 4) is 28.3 Å². The maximum absolute atomic E-state index is 12.9. The monoisotopic (exact) mass is 662 g/mol. The molecule has 6 aromatic rings. The molecular formula is C35H38N10O4. The SMILES string of the molecule is COCCNc1cc(-c2nccc(N)n2)c2cc[nH]c2n1.Cc1ccc(-c2cn[nH]c2C2CCCN(C(=O)c3c[nH]c(=O)cc3O)C2)cc1. The number of rotatable bonds is 8. The summed E-state index contributed by atoms with van der Waals surface area (Å²) in [6.45, 7) is 4.47. The van der Waals surface area contributed by atoms with E-state index in [1.54, 1.807) is 24.3 Å². The van der Waals surface area contributed by atoms with Crippen LogP contribution >= 0.6 is 0 Å². The maximum atomic E-state index is 12.9. The van der Waals surface area contributed by atoms with E-state index in [2.05, 4.69) is 71.6 Å². The third kappa shape index (κ3) is 7.60. The van der Waals surface area contributed by atoms with E-state index >= 15 is 0 Å². The number of ether oxygens (including phenoxy) is 1. The highest BCUT2D eigenvalue weighted by atomic mass is 16.5. The van der Waals surface area contributed by atoms with Gasteiger partial charge in [-0.05, 0) is 43.5 Å². The van der Waals surface area contributed by atoms with E-state index in [0.29, 0.717) is 37.9 Å². The first kappa shape index (κ1) is 32.9. The predicted octanol–water partition coefficient (Wildman–Crippen LogP) is 4.46. The quantitative estimate of drug-likeness (QED) is 0.126. The minimum Gasteiger partial charge on any atom is -0.507 e. The molecule has 7 rings (SSSR count). The van der Waals surface area contributed by atoms with E-state index in [9.17, 15) is 14.7 Å². The lowest BCUT2D eigenvalue weighted by atomic mass is 9.90. The highest BCUT2D eigenvalue weighted by Gasteiger charge is 2.29. The van der Waals surface area contributed by atoms with Crippen LogP contribution in [0.25, 0.3) is 33.5 Å². The van der Waals surface area contributed by atoms with Gasteiger partial charge in [-0.15, -0.1) is 0 Å². The number of methoxy groups -OCH3 is 1. The zero-order valence-electron chi connectivity index (χ0n) is 27.2. The van der Waals surface area contributed by atoms with Gasteiger partial charge in [0.2, 0.25) is 0 Å². The van der Waals surface area contributed by atoms with Gasteiger partial charge in [-0.25, -0.2) is 15.0 Å². The number of anilines is 2. The van der Waals surface area contributed by atoms with Gasteiger partial charge < -0.3 is 35.8 Å². The van der Waals surface area contributed by atoms with Crippen LogP contribution in [0.2, 0.25) is 0 Å². The number of H-pyrrole nitrogens is 3. The van der Waals surface area contributed by atoms with Crippen LogP contribution in [0.5, 0.6) is 5.75 Å². The number of nitrogens with two attached hydrogens (primary N) is 1. The number of aromatic amines is 3. The summed E-state index contributed by atoms with van der Waals surface area (Å²) in [4.78, 5) is 44.5. The van der Waals surface area contributed by atoms with Crippen LogP contribution in [0.15, 0.2) is 78.1 Å². The average molecular weight is 663 g/mol. The van der Waals surface area contributed by atoms with E-state index in [1.165, 1.54) is 11.8 Å². The Morgan fingerprint density at radius 1 is 1.12 bits per heavy atom. The summed E-state index contributed by atoms with van der Waals surface area (Å²) in [5, 5.41) is 21.5. The van der Waals surface area contributed by atoms with Gasteiger partial charge in [0.1, 0.15) is 23.0 Å². The molecule has 5 aromatic heterocycles. The number of aromatic hydroxyl groups is 1. The molecule has 0 spiro atoms. The number of pyridine rings is 2. The van der Waals surface area contributed by atoms with Crippen molar-refractivity contribution >= 4 is 28.6 Å². The Morgan fingerprint density at radius 3 is 2.73 bits per heavy atom. The number of hydrogen-bond donors (Lipinski definition) is 6. The van der Waals surface area contributed by atoms with Gasteiger partial charge in [0.25, 0.3) is 11.5 Å². The highest BCUT2D eigenvalue weighted by molar-refractivity contribution is 5.96. The number of aromatic nitrogens is 7. The third-order valence-corrected chi connectivity index (χ3v) is 8.34. The summed E-state index contributed by atoms with van der Waals surface area (Å²) >= 11 is 0. The second-order valence-corrected chi connectivity index (χ2v) is 11.8. The normalized spacial score (nSPS) is 14.3. The van der Waals surface area contributed by atoms with Crippen molar-refractivity contribution in [1.82, 2.24) is 40.0 Å². The standard InChI is InChI=1S/C21H22N4O3.C14H16N6O/c1-13-4-6-14(7-5-13)16-11-23-24-20(16)15-3-2-8-25(12-15)21(28)17-10-22-19(27)9-18(17)26;1-21-7-6-16-12-8-10(9-2-4-17-13(9)20-12)14-18-5-3-11(15)19-14/h4-7,9-11,15H,2-3,8,12H2,1H3,(H,23,24)(H2,22,26,27);2-5,8H,6-7H2,1H3,(H2,15,18,19)(H2,16,17,20). The number of nitrogens with one attached hydrogen (secondary N) is 4. The molecular weight excluding hydrogens is 624 g/mol. The molecule has 252 valence electrons. The fourth-order valence-corrected chi connectivity index (χ4v) is 5.87. The van der Waals surface area contributed by atoms with Gasteiger partial charge in [-0.1, -0.05) is 29.8 Å². The first-order valence-electron chi connectivity index (χ1n) is 15.9. The number of benzene rings is 1. The molecule has 1 atom stereocenters. The minimum absolute atomic E-state index is 0.114. The summed E-state index contributed by atoms with van der Waals surface area (Å²) in [6, 6.07) is 14.9. The Morgan fingerprint density at radius 2 is 1.96 bits per heavy atom. The number of piperidine rings is 1. The lowest BCUT2D eigenvalue weighted by molar-refractivity contribution is 0.0702. The highest BCUT2D eigenvalue weighted by Crippen LogP contribution is 2.34. The Labute approximate surface area is 281 Å². The molecule has 0 aliphatic carbocycles. The second kappa shape index (κ2) is 14.8. The van der Waals surface area contributed by atoms with E-state index < -0.39 is 5.56 Å². The molecule has 1 saturated heterocycles. The number of carbonyl (C=O) groups excluding carboxylic acids is 1. The predicted molar refractivity (Wildman–Crippen MR) is 187 cm³/mol. The third-order valence-electron chi connectivity index (χ3n) is 8.34. The number of hydrogen-bond acceptors (Lipinski definition) is 10. The summed E-state index contributed by atoms with van der Waals surface area (Å²) in [7, 11) is 1.66. The van der Waals surface area contributed by atoms with E-state index in [0.717, 1.165) is 58.1 Å². The van der Waals surface area contributed by atoms with Crippen molar-refractivity contribution < 1.29 is 14.6 Å². The van der Waals surface area contributed by atoms with Crippen molar-refractivity contribution in [3.63, 3.8) is 0 Å². The molecule has 1 unspecified atom stereocenters. The molecule has 7 N–H and O–H groups in total. The molecule has 1 aliphatic heterocycles. The maximum Gasteiger partial charge on any atom is 0.259 e. The average Bonchev–Trinajstić information content (AvgIpc) is 3.79. The number of amides is 1. The van der Waals surface area contributed by atoms with Crippen LogP contribution in [0.1, 0.15) is 40.4 Å². The molecule has 1 aromatic carbocycles. The lowest BCUT2D eigenvalue weighted by Crippen LogP contribution is -2.39. The number of fused-ring (bicyclic) bond motifs is 1. The van der Waals surface area contributed by atoms with Crippen LogP contribution in [0, 0.1) is 6.92 Å². The van der Waals surface area contributed by atoms with Gasteiger partial charge in [0.05, 0.1) is 18.4 Å².